The average Bonchev–Trinajstić information content (AvgIpc) is 2.43. The smallest absolute Gasteiger partial charge is 0.325 e. The number of nitrogens with zero attached hydrogens (tertiary/aromatic N) is 2. The van der Waals surface area contributed by atoms with Crippen molar-refractivity contribution in [3.05, 3.63) is 34.7 Å². The molecule has 104 valence electrons. The number of rotatable bonds is 6. The van der Waals surface area contributed by atoms with Crippen LogP contribution < -0.4 is 5.56 Å². The fourth-order valence-corrected chi connectivity index (χ4v) is 1.62. The Morgan fingerprint density at radius 3 is 2.68 bits per heavy atom. The summed E-state index contributed by atoms with van der Waals surface area (Å²) in [5.41, 5.74) is -0.147. The van der Waals surface area contributed by atoms with Crippen molar-refractivity contribution in [2.24, 2.45) is 0 Å². The van der Waals surface area contributed by atoms with Crippen molar-refractivity contribution in [1.29, 1.82) is 0 Å². The summed E-state index contributed by atoms with van der Waals surface area (Å²) in [5, 5.41) is 0. The molecule has 0 bridgehead atoms. The third-order valence-corrected chi connectivity index (χ3v) is 2.75. The Labute approximate surface area is 111 Å². The Morgan fingerprint density at radius 1 is 1.37 bits per heavy atom. The summed E-state index contributed by atoms with van der Waals surface area (Å²) in [6, 6.07) is 4.82. The number of aryl methyl sites for hydroxylation is 1. The van der Waals surface area contributed by atoms with Crippen molar-refractivity contribution >= 4 is 11.9 Å². The number of likely N-dealkylation sites (N-methyl/N-ethyl adjacent to an activating group) is 1. The molecule has 0 aromatic carbocycles. The number of amides is 1. The van der Waals surface area contributed by atoms with E-state index in [-0.39, 0.29) is 24.4 Å². The van der Waals surface area contributed by atoms with Gasteiger partial charge in [-0.2, -0.15) is 0 Å². The van der Waals surface area contributed by atoms with Crippen molar-refractivity contribution in [1.82, 2.24) is 9.47 Å². The number of pyridine rings is 1. The van der Waals surface area contributed by atoms with Crippen LogP contribution in [-0.4, -0.2) is 41.5 Å². The van der Waals surface area contributed by atoms with Crippen LogP contribution in [0.2, 0.25) is 0 Å². The largest absolute Gasteiger partial charge is 0.468 e. The first kappa shape index (κ1) is 14.9. The van der Waals surface area contributed by atoms with Gasteiger partial charge in [-0.3, -0.25) is 14.4 Å². The van der Waals surface area contributed by atoms with Gasteiger partial charge in [-0.25, -0.2) is 0 Å². The third kappa shape index (κ3) is 4.57. The lowest BCUT2D eigenvalue weighted by Crippen LogP contribution is -2.36. The van der Waals surface area contributed by atoms with Gasteiger partial charge in [0, 0.05) is 31.8 Å². The number of esters is 1. The van der Waals surface area contributed by atoms with Crippen molar-refractivity contribution in [2.75, 3.05) is 20.2 Å². The highest BCUT2D eigenvalue weighted by atomic mass is 16.5. The zero-order valence-corrected chi connectivity index (χ0v) is 11.2. The normalized spacial score (nSPS) is 10.0. The summed E-state index contributed by atoms with van der Waals surface area (Å²) in [4.78, 5) is 35.9. The summed E-state index contributed by atoms with van der Waals surface area (Å²) in [5.74, 6) is -0.629. The molecule has 0 unspecified atom stereocenters. The van der Waals surface area contributed by atoms with Gasteiger partial charge in [-0.05, 0) is 13.0 Å². The van der Waals surface area contributed by atoms with E-state index in [2.05, 4.69) is 4.74 Å². The molecule has 0 aliphatic heterocycles. The first-order chi connectivity index (χ1) is 9.08. The second-order valence-electron chi connectivity index (χ2n) is 3.97. The molecule has 0 aliphatic carbocycles. The summed E-state index contributed by atoms with van der Waals surface area (Å²) >= 11 is 0. The third-order valence-electron chi connectivity index (χ3n) is 2.75. The molecule has 0 aliphatic rings. The van der Waals surface area contributed by atoms with Gasteiger partial charge < -0.3 is 14.2 Å². The number of aromatic nitrogens is 1. The SMILES string of the molecule is CCN(CC(=O)OC)C(=O)CCn1ccccc1=O. The second kappa shape index (κ2) is 7.35. The highest BCUT2D eigenvalue weighted by Gasteiger charge is 2.15. The Morgan fingerprint density at radius 2 is 2.11 bits per heavy atom. The molecule has 0 spiro atoms. The maximum Gasteiger partial charge on any atom is 0.325 e. The van der Waals surface area contributed by atoms with E-state index in [1.807, 2.05) is 0 Å². The van der Waals surface area contributed by atoms with Crippen LogP contribution in [0.1, 0.15) is 13.3 Å². The molecule has 0 saturated heterocycles. The van der Waals surface area contributed by atoms with Crippen LogP contribution >= 0.6 is 0 Å². The Hall–Kier alpha value is -2.11. The van der Waals surface area contributed by atoms with Crippen molar-refractivity contribution in [3.63, 3.8) is 0 Å². The summed E-state index contributed by atoms with van der Waals surface area (Å²) in [6.07, 6.45) is 1.81. The number of methoxy groups -OCH3 is 1. The molecular weight excluding hydrogens is 248 g/mol. The quantitative estimate of drug-likeness (QED) is 0.693. The van der Waals surface area contributed by atoms with Crippen LogP contribution in [0.15, 0.2) is 29.2 Å². The molecule has 0 saturated carbocycles. The van der Waals surface area contributed by atoms with Crippen LogP contribution in [0.3, 0.4) is 0 Å². The van der Waals surface area contributed by atoms with E-state index >= 15 is 0 Å². The lowest BCUT2D eigenvalue weighted by Gasteiger charge is -2.19. The lowest BCUT2D eigenvalue weighted by molar-refractivity contribution is -0.146. The molecule has 0 fully saturated rings. The predicted molar refractivity (Wildman–Crippen MR) is 69.6 cm³/mol. The van der Waals surface area contributed by atoms with E-state index in [4.69, 9.17) is 0 Å². The van der Waals surface area contributed by atoms with Gasteiger partial charge in [-0.1, -0.05) is 6.07 Å². The molecule has 6 nitrogen and oxygen atoms in total. The van der Waals surface area contributed by atoms with E-state index < -0.39 is 5.97 Å². The van der Waals surface area contributed by atoms with E-state index in [9.17, 15) is 14.4 Å². The number of carbonyl (C=O) groups excluding carboxylic acids is 2. The van der Waals surface area contributed by atoms with Crippen LogP contribution in [0.4, 0.5) is 0 Å². The number of ether oxygens (including phenoxy) is 1. The monoisotopic (exact) mass is 266 g/mol. The zero-order chi connectivity index (χ0) is 14.3. The number of hydrogen-bond donors (Lipinski definition) is 0. The molecule has 0 atom stereocenters. The maximum absolute atomic E-state index is 11.9. The van der Waals surface area contributed by atoms with Gasteiger partial charge in [0.05, 0.1) is 7.11 Å². The van der Waals surface area contributed by atoms with Crippen LogP contribution in [-0.2, 0) is 20.9 Å². The lowest BCUT2D eigenvalue weighted by atomic mass is 10.3. The molecular formula is C13H18N2O4. The van der Waals surface area contributed by atoms with Gasteiger partial charge in [0.2, 0.25) is 5.91 Å². The van der Waals surface area contributed by atoms with Crippen LogP contribution in [0.25, 0.3) is 0 Å². The van der Waals surface area contributed by atoms with Crippen molar-refractivity contribution in [3.8, 4) is 0 Å². The minimum Gasteiger partial charge on any atom is -0.468 e. The first-order valence-corrected chi connectivity index (χ1v) is 6.08. The summed E-state index contributed by atoms with van der Waals surface area (Å²) in [7, 11) is 1.28. The van der Waals surface area contributed by atoms with Crippen molar-refractivity contribution in [2.45, 2.75) is 19.9 Å². The second-order valence-corrected chi connectivity index (χ2v) is 3.97. The van der Waals surface area contributed by atoms with Crippen molar-refractivity contribution < 1.29 is 14.3 Å². The Balaban J connectivity index is 2.56. The fourth-order valence-electron chi connectivity index (χ4n) is 1.62. The van der Waals surface area contributed by atoms with Crippen LogP contribution in [0.5, 0.6) is 0 Å². The minimum absolute atomic E-state index is 0.0600. The molecule has 0 N–H and O–H groups in total. The van der Waals surface area contributed by atoms with E-state index in [0.717, 1.165) is 0 Å². The zero-order valence-electron chi connectivity index (χ0n) is 11.2. The fraction of sp³-hybridized carbons (Fsp3) is 0.462. The Kier molecular flexibility index (Phi) is 5.78. The molecule has 0 radical (unpaired) electrons. The van der Waals surface area contributed by atoms with Crippen LogP contribution in [0, 0.1) is 0 Å². The molecule has 1 aromatic heterocycles. The van der Waals surface area contributed by atoms with E-state index in [1.165, 1.54) is 22.6 Å². The van der Waals surface area contributed by atoms with Gasteiger partial charge in [0.1, 0.15) is 6.54 Å². The standard InChI is InChI=1S/C13H18N2O4/c1-3-14(10-13(18)19-2)12(17)7-9-15-8-5-4-6-11(15)16/h4-6,8H,3,7,9-10H2,1-2H3. The van der Waals surface area contributed by atoms with Gasteiger partial charge >= 0.3 is 5.97 Å². The van der Waals surface area contributed by atoms with E-state index in [0.29, 0.717) is 13.1 Å². The summed E-state index contributed by atoms with van der Waals surface area (Å²) < 4.78 is 5.99. The summed E-state index contributed by atoms with van der Waals surface area (Å²) in [6.45, 7) is 2.46. The maximum atomic E-state index is 11.9. The highest BCUT2D eigenvalue weighted by Crippen LogP contribution is 1.97. The number of carbonyl (C=O) groups is 2. The molecule has 1 heterocycles. The molecule has 1 aromatic rings. The minimum atomic E-state index is -0.452. The topological polar surface area (TPSA) is 68.6 Å². The molecule has 19 heavy (non-hydrogen) atoms. The molecule has 1 amide bonds. The molecule has 1 rings (SSSR count). The predicted octanol–water partition coefficient (Wildman–Crippen LogP) is 0.260. The Bertz CT molecular complexity index is 495. The van der Waals surface area contributed by atoms with Gasteiger partial charge in [-0.15, -0.1) is 0 Å². The van der Waals surface area contributed by atoms with Gasteiger partial charge in [0.25, 0.3) is 5.56 Å². The highest BCUT2D eigenvalue weighted by molar-refractivity contribution is 5.81. The van der Waals surface area contributed by atoms with E-state index in [1.54, 1.807) is 25.3 Å². The average molecular weight is 266 g/mol. The van der Waals surface area contributed by atoms with Gasteiger partial charge in [0.15, 0.2) is 0 Å². The number of hydrogen-bond acceptors (Lipinski definition) is 4. The molecule has 6 heteroatoms. The first-order valence-electron chi connectivity index (χ1n) is 6.08.